The van der Waals surface area contributed by atoms with Crippen LogP contribution in [0.15, 0.2) is 72.8 Å². The maximum absolute atomic E-state index is 13.3. The molecule has 0 saturated heterocycles. The van der Waals surface area contributed by atoms with Crippen molar-refractivity contribution in [1.82, 2.24) is 10.3 Å². The van der Waals surface area contributed by atoms with Crippen LogP contribution < -0.4 is 24.8 Å². The van der Waals surface area contributed by atoms with Crippen molar-refractivity contribution < 1.29 is 19.0 Å². The Labute approximate surface area is 217 Å². The van der Waals surface area contributed by atoms with E-state index in [1.165, 1.54) is 0 Å². The topological polar surface area (TPSA) is 81.7 Å². The first kappa shape index (κ1) is 25.8. The fraction of sp³-hybridized carbons (Fsp3) is 0.267. The van der Waals surface area contributed by atoms with E-state index in [1.54, 1.807) is 6.07 Å². The summed E-state index contributed by atoms with van der Waals surface area (Å²) in [5.41, 5.74) is 3.24. The number of anilines is 2. The molecule has 4 aromatic rings. The number of fused-ring (bicyclic) bond motifs is 1. The lowest BCUT2D eigenvalue weighted by Crippen LogP contribution is -2.26. The maximum atomic E-state index is 13.3. The van der Waals surface area contributed by atoms with Gasteiger partial charge in [0.1, 0.15) is 11.6 Å². The van der Waals surface area contributed by atoms with Crippen molar-refractivity contribution in [3.05, 3.63) is 83.9 Å². The van der Waals surface area contributed by atoms with E-state index in [0.717, 1.165) is 39.4 Å². The molecule has 1 aromatic heterocycles. The second-order valence-electron chi connectivity index (χ2n) is 8.31. The molecule has 2 N–H and O–H groups in total. The van der Waals surface area contributed by atoms with Crippen LogP contribution in [-0.2, 0) is 6.42 Å². The molecule has 0 radical (unpaired) electrons. The summed E-state index contributed by atoms with van der Waals surface area (Å²) in [7, 11) is 0. The van der Waals surface area contributed by atoms with Gasteiger partial charge in [-0.15, -0.1) is 0 Å². The Morgan fingerprint density at radius 3 is 2.30 bits per heavy atom. The number of pyridine rings is 1. The van der Waals surface area contributed by atoms with Gasteiger partial charge >= 0.3 is 0 Å². The zero-order valence-electron chi connectivity index (χ0n) is 21.5. The average Bonchev–Trinajstić information content (AvgIpc) is 2.91. The van der Waals surface area contributed by atoms with Crippen molar-refractivity contribution in [1.29, 1.82) is 0 Å². The van der Waals surface area contributed by atoms with Gasteiger partial charge in [-0.2, -0.15) is 0 Å². The van der Waals surface area contributed by atoms with E-state index in [0.29, 0.717) is 44.2 Å². The molecule has 192 valence electrons. The van der Waals surface area contributed by atoms with Crippen LogP contribution in [0.3, 0.4) is 0 Å². The molecule has 7 nitrogen and oxygen atoms in total. The van der Waals surface area contributed by atoms with Crippen molar-refractivity contribution >= 4 is 28.3 Å². The summed E-state index contributed by atoms with van der Waals surface area (Å²) in [4.78, 5) is 18.0. The third kappa shape index (κ3) is 6.70. The number of benzene rings is 3. The molecule has 0 bridgehead atoms. The lowest BCUT2D eigenvalue weighted by atomic mass is 10.1. The third-order valence-corrected chi connectivity index (χ3v) is 5.71. The molecule has 1 heterocycles. The quantitative estimate of drug-likeness (QED) is 0.243. The second-order valence-corrected chi connectivity index (χ2v) is 8.31. The predicted octanol–water partition coefficient (Wildman–Crippen LogP) is 6.15. The second kappa shape index (κ2) is 12.6. The Bertz CT molecular complexity index is 1340. The summed E-state index contributed by atoms with van der Waals surface area (Å²) in [6, 6.07) is 23.0. The van der Waals surface area contributed by atoms with Crippen molar-refractivity contribution in [2.75, 3.05) is 31.7 Å². The van der Waals surface area contributed by atoms with Gasteiger partial charge in [0.05, 0.1) is 30.9 Å². The van der Waals surface area contributed by atoms with Gasteiger partial charge in [0.2, 0.25) is 0 Å². The molecule has 1 amide bonds. The van der Waals surface area contributed by atoms with Crippen LogP contribution in [0.2, 0.25) is 0 Å². The fourth-order valence-electron chi connectivity index (χ4n) is 4.04. The first-order valence-corrected chi connectivity index (χ1v) is 12.7. The minimum atomic E-state index is -0.149. The van der Waals surface area contributed by atoms with Crippen LogP contribution in [-0.4, -0.2) is 37.3 Å². The number of para-hydroxylation sites is 1. The van der Waals surface area contributed by atoms with Crippen molar-refractivity contribution in [3.63, 3.8) is 0 Å². The van der Waals surface area contributed by atoms with E-state index >= 15 is 0 Å². The first-order valence-electron chi connectivity index (χ1n) is 12.7. The Hall–Kier alpha value is -4.26. The lowest BCUT2D eigenvalue weighted by Gasteiger charge is -2.14. The predicted molar refractivity (Wildman–Crippen MR) is 147 cm³/mol. The van der Waals surface area contributed by atoms with Crippen LogP contribution in [0.4, 0.5) is 11.5 Å². The number of hydrogen-bond acceptors (Lipinski definition) is 6. The molecular weight excluding hydrogens is 466 g/mol. The summed E-state index contributed by atoms with van der Waals surface area (Å²) in [6.45, 7) is 8.07. The van der Waals surface area contributed by atoms with E-state index in [-0.39, 0.29) is 5.91 Å². The number of carbonyl (C=O) groups is 1. The van der Waals surface area contributed by atoms with Crippen LogP contribution >= 0.6 is 0 Å². The lowest BCUT2D eigenvalue weighted by molar-refractivity contribution is 0.0955. The molecule has 4 rings (SSSR count). The molecule has 0 spiro atoms. The summed E-state index contributed by atoms with van der Waals surface area (Å²) in [5, 5.41) is 7.17. The van der Waals surface area contributed by atoms with Gasteiger partial charge in [-0.05, 0) is 81.3 Å². The van der Waals surface area contributed by atoms with Gasteiger partial charge in [0.15, 0.2) is 11.5 Å². The summed E-state index contributed by atoms with van der Waals surface area (Å²) < 4.78 is 16.9. The Kier molecular flexibility index (Phi) is 8.81. The Balaban J connectivity index is 1.48. The zero-order chi connectivity index (χ0) is 26.0. The molecule has 0 aliphatic rings. The molecule has 37 heavy (non-hydrogen) atoms. The largest absolute Gasteiger partial charge is 0.494 e. The number of aromatic nitrogens is 1. The highest BCUT2D eigenvalue weighted by Gasteiger charge is 2.14. The molecule has 0 atom stereocenters. The number of rotatable bonds is 12. The van der Waals surface area contributed by atoms with E-state index in [4.69, 9.17) is 19.2 Å². The monoisotopic (exact) mass is 499 g/mol. The molecule has 0 unspecified atom stereocenters. The number of hydrogen-bond donors (Lipinski definition) is 2. The maximum Gasteiger partial charge on any atom is 0.252 e. The molecule has 7 heteroatoms. The van der Waals surface area contributed by atoms with Crippen LogP contribution in [0, 0.1) is 0 Å². The first-order chi connectivity index (χ1) is 18.1. The zero-order valence-corrected chi connectivity index (χ0v) is 21.5. The minimum Gasteiger partial charge on any atom is -0.494 e. The minimum absolute atomic E-state index is 0.149. The Morgan fingerprint density at radius 2 is 1.54 bits per heavy atom. The van der Waals surface area contributed by atoms with Gasteiger partial charge in [0.25, 0.3) is 5.91 Å². The van der Waals surface area contributed by atoms with E-state index in [2.05, 4.69) is 10.6 Å². The van der Waals surface area contributed by atoms with Gasteiger partial charge in [-0.3, -0.25) is 4.79 Å². The van der Waals surface area contributed by atoms with Gasteiger partial charge in [-0.25, -0.2) is 4.98 Å². The normalized spacial score (nSPS) is 10.7. The number of nitrogens with zero attached hydrogens (tertiary/aromatic N) is 1. The molecule has 0 aliphatic heterocycles. The Morgan fingerprint density at radius 1 is 0.811 bits per heavy atom. The standard InChI is InChI=1S/C30H33N3O4/c1-4-35-23-14-12-22(13-15-23)32-29-20-25(24-9-7-8-10-26(24)33-29)30(34)31-18-17-21-11-16-27(36-5-2)28(19-21)37-6-3/h7-16,19-20H,4-6,17-18H2,1-3H3,(H,31,34)(H,32,33). The van der Waals surface area contributed by atoms with Crippen LogP contribution in [0.1, 0.15) is 36.7 Å². The van der Waals surface area contributed by atoms with Crippen LogP contribution in [0.25, 0.3) is 10.9 Å². The SMILES string of the molecule is CCOc1ccc(Nc2cc(C(=O)NCCc3ccc(OCC)c(OCC)c3)c3ccccc3n2)cc1. The van der Waals surface area contributed by atoms with Crippen molar-refractivity contribution in [3.8, 4) is 17.2 Å². The molecule has 0 saturated carbocycles. The fourth-order valence-corrected chi connectivity index (χ4v) is 4.04. The van der Waals surface area contributed by atoms with Crippen molar-refractivity contribution in [2.24, 2.45) is 0 Å². The number of carbonyl (C=O) groups excluding carboxylic acids is 1. The van der Waals surface area contributed by atoms with Gasteiger partial charge in [-0.1, -0.05) is 24.3 Å². The highest BCUT2D eigenvalue weighted by Crippen LogP contribution is 2.29. The van der Waals surface area contributed by atoms with E-state index in [9.17, 15) is 4.79 Å². The molecule has 0 fully saturated rings. The van der Waals surface area contributed by atoms with E-state index in [1.807, 2.05) is 87.5 Å². The molecular formula is C30H33N3O4. The third-order valence-electron chi connectivity index (χ3n) is 5.71. The summed E-state index contributed by atoms with van der Waals surface area (Å²) in [5.74, 6) is 2.71. The van der Waals surface area contributed by atoms with Crippen LogP contribution in [0.5, 0.6) is 17.2 Å². The number of nitrogens with one attached hydrogen (secondary N) is 2. The van der Waals surface area contributed by atoms with Gasteiger partial charge < -0.3 is 24.8 Å². The van der Waals surface area contributed by atoms with E-state index < -0.39 is 0 Å². The summed E-state index contributed by atoms with van der Waals surface area (Å²) in [6.07, 6.45) is 0.665. The smallest absolute Gasteiger partial charge is 0.252 e. The molecule has 3 aromatic carbocycles. The molecule has 0 aliphatic carbocycles. The van der Waals surface area contributed by atoms with Gasteiger partial charge in [0, 0.05) is 17.6 Å². The van der Waals surface area contributed by atoms with Crippen molar-refractivity contribution in [2.45, 2.75) is 27.2 Å². The average molecular weight is 500 g/mol. The highest BCUT2D eigenvalue weighted by atomic mass is 16.5. The summed E-state index contributed by atoms with van der Waals surface area (Å²) >= 11 is 0. The number of amides is 1. The highest BCUT2D eigenvalue weighted by molar-refractivity contribution is 6.07. The number of ether oxygens (including phenoxy) is 3.